The number of nitrogens with two attached hydrogens (primary N) is 2. The molecule has 0 aliphatic heterocycles. The van der Waals surface area contributed by atoms with Crippen molar-refractivity contribution < 1.29 is 0 Å². The first-order chi connectivity index (χ1) is 6.18. The second-order valence-electron chi connectivity index (χ2n) is 2.62. The lowest BCUT2D eigenvalue weighted by atomic mass is 10.2. The van der Waals surface area contributed by atoms with Gasteiger partial charge in [-0.2, -0.15) is 5.10 Å². The van der Waals surface area contributed by atoms with Gasteiger partial charge in [0, 0.05) is 17.0 Å². The highest BCUT2D eigenvalue weighted by molar-refractivity contribution is 7.10. The van der Waals surface area contributed by atoms with Crippen molar-refractivity contribution >= 4 is 23.0 Å². The SMILES string of the molecule is C/C(Cc1cccs1)=N/N=C(N)N. The van der Waals surface area contributed by atoms with Crippen LogP contribution in [-0.2, 0) is 6.42 Å². The Labute approximate surface area is 81.0 Å². The maximum Gasteiger partial charge on any atom is 0.211 e. The van der Waals surface area contributed by atoms with E-state index in [9.17, 15) is 0 Å². The number of hydrogen-bond acceptors (Lipinski definition) is 3. The lowest BCUT2D eigenvalue weighted by molar-refractivity contribution is 1.17. The number of rotatable bonds is 3. The molecule has 0 fully saturated rings. The van der Waals surface area contributed by atoms with Crippen LogP contribution in [0.1, 0.15) is 11.8 Å². The van der Waals surface area contributed by atoms with Crippen LogP contribution in [0.2, 0.25) is 0 Å². The molecule has 0 aliphatic rings. The van der Waals surface area contributed by atoms with Gasteiger partial charge in [-0.15, -0.1) is 16.4 Å². The summed E-state index contributed by atoms with van der Waals surface area (Å²) in [4.78, 5) is 1.26. The van der Waals surface area contributed by atoms with Gasteiger partial charge in [0.15, 0.2) is 0 Å². The summed E-state index contributed by atoms with van der Waals surface area (Å²) in [6, 6.07) is 4.06. The largest absolute Gasteiger partial charge is 0.369 e. The minimum atomic E-state index is -0.00877. The van der Waals surface area contributed by atoms with Crippen LogP contribution in [-0.4, -0.2) is 11.7 Å². The minimum absolute atomic E-state index is 0.00877. The van der Waals surface area contributed by atoms with Gasteiger partial charge in [0.2, 0.25) is 5.96 Å². The van der Waals surface area contributed by atoms with E-state index in [4.69, 9.17) is 11.5 Å². The quantitative estimate of drug-likeness (QED) is 0.429. The van der Waals surface area contributed by atoms with Crippen molar-refractivity contribution in [2.24, 2.45) is 21.7 Å². The van der Waals surface area contributed by atoms with Crippen molar-refractivity contribution in [2.75, 3.05) is 0 Å². The fourth-order valence-corrected chi connectivity index (χ4v) is 1.63. The Bertz CT molecular complexity index is 309. The molecule has 1 rings (SSSR count). The molecular formula is C8H12N4S. The van der Waals surface area contributed by atoms with Crippen LogP contribution in [0.3, 0.4) is 0 Å². The van der Waals surface area contributed by atoms with E-state index in [1.807, 2.05) is 18.4 Å². The number of guanidine groups is 1. The summed E-state index contributed by atoms with van der Waals surface area (Å²) in [5, 5.41) is 9.46. The average Bonchev–Trinajstić information content (AvgIpc) is 2.53. The van der Waals surface area contributed by atoms with E-state index in [-0.39, 0.29) is 5.96 Å². The molecule has 0 bridgehead atoms. The third-order valence-electron chi connectivity index (χ3n) is 1.35. The standard InChI is InChI=1S/C8H12N4S/c1-6(11-12-8(9)10)5-7-3-2-4-13-7/h2-4H,5H2,1H3,(H4,9,10,12)/b11-6-. The Morgan fingerprint density at radius 3 is 2.77 bits per heavy atom. The van der Waals surface area contributed by atoms with Crippen molar-refractivity contribution in [1.82, 2.24) is 0 Å². The fraction of sp³-hybridized carbons (Fsp3) is 0.250. The molecule has 0 saturated carbocycles. The third kappa shape index (κ3) is 3.71. The zero-order valence-electron chi connectivity index (χ0n) is 7.40. The molecule has 4 nitrogen and oxygen atoms in total. The number of hydrogen-bond donors (Lipinski definition) is 2. The van der Waals surface area contributed by atoms with Gasteiger partial charge in [-0.05, 0) is 18.4 Å². The third-order valence-corrected chi connectivity index (χ3v) is 2.22. The van der Waals surface area contributed by atoms with E-state index in [0.29, 0.717) is 0 Å². The maximum absolute atomic E-state index is 5.14. The predicted molar refractivity (Wildman–Crippen MR) is 56.9 cm³/mol. The van der Waals surface area contributed by atoms with Gasteiger partial charge in [-0.1, -0.05) is 6.07 Å². The lowest BCUT2D eigenvalue weighted by Gasteiger charge is -1.94. The molecular weight excluding hydrogens is 184 g/mol. The molecule has 1 heterocycles. The van der Waals surface area contributed by atoms with Crippen molar-refractivity contribution in [3.8, 4) is 0 Å². The smallest absolute Gasteiger partial charge is 0.211 e. The Morgan fingerprint density at radius 1 is 1.46 bits per heavy atom. The van der Waals surface area contributed by atoms with Gasteiger partial charge >= 0.3 is 0 Å². The average molecular weight is 196 g/mol. The first kappa shape index (κ1) is 9.73. The molecule has 0 aromatic carbocycles. The summed E-state index contributed by atoms with van der Waals surface area (Å²) in [5.74, 6) is -0.00877. The Kier molecular flexibility index (Phi) is 3.45. The van der Waals surface area contributed by atoms with Crippen LogP contribution < -0.4 is 11.5 Å². The van der Waals surface area contributed by atoms with Crippen LogP contribution in [0.4, 0.5) is 0 Å². The summed E-state index contributed by atoms with van der Waals surface area (Å²) < 4.78 is 0. The zero-order valence-corrected chi connectivity index (χ0v) is 8.21. The van der Waals surface area contributed by atoms with E-state index in [1.165, 1.54) is 4.88 Å². The molecule has 5 heteroatoms. The van der Waals surface area contributed by atoms with Crippen molar-refractivity contribution in [3.05, 3.63) is 22.4 Å². The van der Waals surface area contributed by atoms with Gasteiger partial charge in [0.1, 0.15) is 0 Å². The summed E-state index contributed by atoms with van der Waals surface area (Å²) in [5.41, 5.74) is 11.2. The molecule has 13 heavy (non-hydrogen) atoms. The Balaban J connectivity index is 2.55. The molecule has 4 N–H and O–H groups in total. The zero-order chi connectivity index (χ0) is 9.68. The molecule has 0 amide bonds. The second-order valence-corrected chi connectivity index (χ2v) is 3.65. The van der Waals surface area contributed by atoms with Gasteiger partial charge in [-0.3, -0.25) is 0 Å². The van der Waals surface area contributed by atoms with Crippen molar-refractivity contribution in [2.45, 2.75) is 13.3 Å². The lowest BCUT2D eigenvalue weighted by Crippen LogP contribution is -2.22. The summed E-state index contributed by atoms with van der Waals surface area (Å²) in [7, 11) is 0. The highest BCUT2D eigenvalue weighted by Gasteiger charge is 1.95. The van der Waals surface area contributed by atoms with E-state index >= 15 is 0 Å². The second kappa shape index (κ2) is 4.61. The first-order valence-electron chi connectivity index (χ1n) is 3.83. The molecule has 0 spiro atoms. The van der Waals surface area contributed by atoms with Crippen LogP contribution in [0, 0.1) is 0 Å². The molecule has 0 aliphatic carbocycles. The molecule has 0 radical (unpaired) electrons. The number of nitrogens with zero attached hydrogens (tertiary/aromatic N) is 2. The molecule has 0 atom stereocenters. The van der Waals surface area contributed by atoms with E-state index < -0.39 is 0 Å². The highest BCUT2D eigenvalue weighted by Crippen LogP contribution is 2.09. The van der Waals surface area contributed by atoms with Gasteiger partial charge in [0.25, 0.3) is 0 Å². The van der Waals surface area contributed by atoms with Gasteiger partial charge < -0.3 is 11.5 Å². The monoisotopic (exact) mass is 196 g/mol. The van der Waals surface area contributed by atoms with E-state index in [0.717, 1.165) is 12.1 Å². The summed E-state index contributed by atoms with van der Waals surface area (Å²) >= 11 is 1.69. The first-order valence-corrected chi connectivity index (χ1v) is 4.71. The fourth-order valence-electron chi connectivity index (χ4n) is 0.844. The van der Waals surface area contributed by atoms with Crippen molar-refractivity contribution in [1.29, 1.82) is 0 Å². The molecule has 70 valence electrons. The molecule has 0 unspecified atom stereocenters. The molecule has 1 aromatic heterocycles. The van der Waals surface area contributed by atoms with Crippen LogP contribution in [0.15, 0.2) is 27.7 Å². The number of thiophene rings is 1. The maximum atomic E-state index is 5.14. The van der Waals surface area contributed by atoms with Gasteiger partial charge in [-0.25, -0.2) is 0 Å². The summed E-state index contributed by atoms with van der Waals surface area (Å²) in [6.07, 6.45) is 0.800. The molecule has 1 aromatic rings. The van der Waals surface area contributed by atoms with Crippen LogP contribution >= 0.6 is 11.3 Å². The van der Waals surface area contributed by atoms with Crippen LogP contribution in [0.5, 0.6) is 0 Å². The Morgan fingerprint density at radius 2 is 2.23 bits per heavy atom. The predicted octanol–water partition coefficient (Wildman–Crippen LogP) is 0.940. The minimum Gasteiger partial charge on any atom is -0.369 e. The molecule has 0 saturated heterocycles. The summed E-state index contributed by atoms with van der Waals surface area (Å²) in [6.45, 7) is 1.90. The van der Waals surface area contributed by atoms with Crippen LogP contribution in [0.25, 0.3) is 0 Å². The normalized spacial score (nSPS) is 11.3. The van der Waals surface area contributed by atoms with Crippen molar-refractivity contribution in [3.63, 3.8) is 0 Å². The highest BCUT2D eigenvalue weighted by atomic mass is 32.1. The van der Waals surface area contributed by atoms with Gasteiger partial charge in [0.05, 0.1) is 0 Å². The van der Waals surface area contributed by atoms with E-state index in [1.54, 1.807) is 11.3 Å². The topological polar surface area (TPSA) is 76.8 Å². The Hall–Kier alpha value is -1.36. The van der Waals surface area contributed by atoms with E-state index in [2.05, 4.69) is 16.3 Å².